The Bertz CT molecular complexity index is 863. The summed E-state index contributed by atoms with van der Waals surface area (Å²) >= 11 is 0. The van der Waals surface area contributed by atoms with Crippen LogP contribution in [0.5, 0.6) is 0 Å². The lowest BCUT2D eigenvalue weighted by molar-refractivity contribution is 0.372. The van der Waals surface area contributed by atoms with Crippen LogP contribution < -0.4 is 10.6 Å². The van der Waals surface area contributed by atoms with E-state index in [1.54, 1.807) is 25.3 Å². The maximum absolute atomic E-state index is 14.5. The minimum absolute atomic E-state index is 0.164. The number of aryl methyl sites for hydroxylation is 1. The first kappa shape index (κ1) is 17.1. The fourth-order valence-corrected chi connectivity index (χ4v) is 3.96. The highest BCUT2D eigenvalue weighted by atomic mass is 19.1. The number of hydrogen-bond donors (Lipinski definition) is 1. The molecule has 4 rings (SSSR count). The molecule has 2 heterocycles. The second-order valence-corrected chi connectivity index (χ2v) is 7.25. The van der Waals surface area contributed by atoms with Gasteiger partial charge in [0.2, 0.25) is 0 Å². The third-order valence-corrected chi connectivity index (χ3v) is 5.53. The maximum atomic E-state index is 14.5. The van der Waals surface area contributed by atoms with E-state index in [-0.39, 0.29) is 17.9 Å². The Kier molecular flexibility index (Phi) is 4.44. The van der Waals surface area contributed by atoms with Gasteiger partial charge in [-0.1, -0.05) is 25.0 Å². The van der Waals surface area contributed by atoms with Crippen molar-refractivity contribution in [3.63, 3.8) is 0 Å². The highest BCUT2D eigenvalue weighted by molar-refractivity contribution is 6.13. The summed E-state index contributed by atoms with van der Waals surface area (Å²) in [6.07, 6.45) is 6.27. The number of halogens is 1. The van der Waals surface area contributed by atoms with Gasteiger partial charge in [0.05, 0.1) is 24.1 Å². The van der Waals surface area contributed by atoms with Crippen LogP contribution in [0.15, 0.2) is 29.4 Å². The topological polar surface area (TPSA) is 67.4 Å². The molecular weight excluding hydrogens is 329 g/mol. The van der Waals surface area contributed by atoms with E-state index in [1.807, 2.05) is 13.1 Å². The molecule has 0 amide bonds. The van der Waals surface area contributed by atoms with E-state index in [2.05, 4.69) is 14.9 Å². The molecular formula is C20H24FN5. The van der Waals surface area contributed by atoms with Crippen LogP contribution in [0, 0.1) is 12.7 Å². The summed E-state index contributed by atoms with van der Waals surface area (Å²) in [4.78, 5) is 16.0. The third-order valence-electron chi connectivity index (χ3n) is 5.53. The summed E-state index contributed by atoms with van der Waals surface area (Å²) in [7, 11) is 2.03. The smallest absolute Gasteiger partial charge is 0.147 e. The summed E-state index contributed by atoms with van der Waals surface area (Å²) in [5.74, 6) is 0.572. The lowest BCUT2D eigenvalue weighted by atomic mass is 9.90. The summed E-state index contributed by atoms with van der Waals surface area (Å²) < 4.78 is 14.5. The molecule has 1 aliphatic heterocycles. The Morgan fingerprint density at radius 1 is 1.23 bits per heavy atom. The molecule has 0 saturated heterocycles. The number of rotatable bonds is 3. The van der Waals surface area contributed by atoms with Crippen LogP contribution in [0.1, 0.15) is 48.2 Å². The summed E-state index contributed by atoms with van der Waals surface area (Å²) in [5.41, 5.74) is 9.48. The van der Waals surface area contributed by atoms with Crippen molar-refractivity contribution in [1.82, 2.24) is 9.97 Å². The molecule has 1 aromatic heterocycles. The molecule has 2 aliphatic rings. The lowest BCUT2D eigenvalue weighted by Gasteiger charge is -2.36. The van der Waals surface area contributed by atoms with Crippen molar-refractivity contribution < 1.29 is 4.39 Å². The molecule has 6 heteroatoms. The van der Waals surface area contributed by atoms with Gasteiger partial charge in [-0.25, -0.2) is 14.4 Å². The zero-order valence-corrected chi connectivity index (χ0v) is 15.2. The molecule has 0 spiro atoms. The number of benzene rings is 1. The zero-order valence-electron chi connectivity index (χ0n) is 15.2. The van der Waals surface area contributed by atoms with E-state index < -0.39 is 0 Å². The molecule has 0 radical (unpaired) electrons. The summed E-state index contributed by atoms with van der Waals surface area (Å²) in [6, 6.07) is 5.80. The summed E-state index contributed by atoms with van der Waals surface area (Å²) in [6.45, 7) is 2.19. The average Bonchev–Trinajstić information content (AvgIpc) is 3.07. The van der Waals surface area contributed by atoms with Crippen LogP contribution in [0.2, 0.25) is 0 Å². The van der Waals surface area contributed by atoms with Crippen LogP contribution in [0.4, 0.5) is 10.2 Å². The predicted molar refractivity (Wildman–Crippen MR) is 101 cm³/mol. The second kappa shape index (κ2) is 6.76. The lowest BCUT2D eigenvalue weighted by Crippen LogP contribution is -2.48. The number of fused-ring (bicyclic) bond motifs is 1. The first-order valence-corrected chi connectivity index (χ1v) is 9.21. The summed E-state index contributed by atoms with van der Waals surface area (Å²) in [5, 5.41) is 0. The zero-order chi connectivity index (χ0) is 18.3. The number of likely N-dealkylation sites (N-methyl/N-ethyl adjacent to an activating group) is 1. The SMILES string of the molecule is Cc1cccc(C2=NCc3nc(N(C)[C@@H]4CCCC[C@H]4N)cnc32)c1F. The highest BCUT2D eigenvalue weighted by Gasteiger charge is 2.28. The van der Waals surface area contributed by atoms with Gasteiger partial charge >= 0.3 is 0 Å². The Morgan fingerprint density at radius 2 is 2.04 bits per heavy atom. The van der Waals surface area contributed by atoms with Crippen molar-refractivity contribution in [3.05, 3.63) is 52.7 Å². The van der Waals surface area contributed by atoms with Crippen molar-refractivity contribution >= 4 is 11.5 Å². The third kappa shape index (κ3) is 2.88. The molecule has 26 heavy (non-hydrogen) atoms. The molecule has 136 valence electrons. The van der Waals surface area contributed by atoms with E-state index >= 15 is 0 Å². The fraction of sp³-hybridized carbons (Fsp3) is 0.450. The molecule has 2 aromatic rings. The standard InChI is InChI=1S/C20H24FN5/c1-12-6-5-7-13(18(12)21)19-20-15(10-23-19)25-17(11-24-20)26(2)16-9-4-3-8-14(16)22/h5-7,11,14,16H,3-4,8-10,22H2,1-2H3/t14-,16-/m1/s1. The molecule has 0 unspecified atom stereocenters. The number of nitrogens with zero attached hydrogens (tertiary/aromatic N) is 4. The van der Waals surface area contributed by atoms with Crippen molar-refractivity contribution in [2.24, 2.45) is 10.7 Å². The van der Waals surface area contributed by atoms with Gasteiger partial charge in [-0.15, -0.1) is 0 Å². The molecule has 1 fully saturated rings. The van der Waals surface area contributed by atoms with E-state index in [4.69, 9.17) is 10.7 Å². The Hall–Kier alpha value is -2.34. The number of aromatic nitrogens is 2. The highest BCUT2D eigenvalue weighted by Crippen LogP contribution is 2.27. The van der Waals surface area contributed by atoms with Gasteiger partial charge in [0.15, 0.2) is 0 Å². The van der Waals surface area contributed by atoms with Gasteiger partial charge in [-0.2, -0.15) is 0 Å². The number of hydrogen-bond acceptors (Lipinski definition) is 5. The van der Waals surface area contributed by atoms with Crippen LogP contribution in [-0.4, -0.2) is 34.8 Å². The minimum atomic E-state index is -0.240. The molecule has 1 saturated carbocycles. The van der Waals surface area contributed by atoms with Crippen molar-refractivity contribution in [1.29, 1.82) is 0 Å². The number of nitrogens with two attached hydrogens (primary N) is 1. The van der Waals surface area contributed by atoms with Crippen molar-refractivity contribution in [3.8, 4) is 0 Å². The Labute approximate surface area is 153 Å². The van der Waals surface area contributed by atoms with Crippen molar-refractivity contribution in [2.45, 2.75) is 51.2 Å². The van der Waals surface area contributed by atoms with Gasteiger partial charge < -0.3 is 10.6 Å². The normalized spacial score (nSPS) is 22.1. The molecule has 1 aliphatic carbocycles. The van der Waals surface area contributed by atoms with E-state index in [9.17, 15) is 4.39 Å². The van der Waals surface area contributed by atoms with Crippen LogP contribution in [0.3, 0.4) is 0 Å². The number of aliphatic imine (C=N–C) groups is 1. The van der Waals surface area contributed by atoms with Gasteiger partial charge in [0.1, 0.15) is 17.3 Å². The molecule has 2 N–H and O–H groups in total. The van der Waals surface area contributed by atoms with Crippen LogP contribution in [-0.2, 0) is 6.54 Å². The molecule has 5 nitrogen and oxygen atoms in total. The van der Waals surface area contributed by atoms with Gasteiger partial charge in [0, 0.05) is 24.7 Å². The molecule has 1 aromatic carbocycles. The quantitative estimate of drug-likeness (QED) is 0.921. The predicted octanol–water partition coefficient (Wildman–Crippen LogP) is 2.98. The Balaban J connectivity index is 1.63. The van der Waals surface area contributed by atoms with E-state index in [0.717, 1.165) is 24.4 Å². The minimum Gasteiger partial charge on any atom is -0.354 e. The van der Waals surface area contributed by atoms with E-state index in [1.165, 1.54) is 12.8 Å². The van der Waals surface area contributed by atoms with Gasteiger partial charge in [-0.05, 0) is 31.4 Å². The fourth-order valence-electron chi connectivity index (χ4n) is 3.96. The second-order valence-electron chi connectivity index (χ2n) is 7.25. The molecule has 0 bridgehead atoms. The van der Waals surface area contributed by atoms with Gasteiger partial charge in [-0.3, -0.25) is 4.99 Å². The van der Waals surface area contributed by atoms with E-state index in [0.29, 0.717) is 29.1 Å². The first-order chi connectivity index (χ1) is 12.6. The largest absolute Gasteiger partial charge is 0.354 e. The van der Waals surface area contributed by atoms with Crippen molar-refractivity contribution in [2.75, 3.05) is 11.9 Å². The Morgan fingerprint density at radius 3 is 2.85 bits per heavy atom. The molecule has 2 atom stereocenters. The van der Waals surface area contributed by atoms with Crippen LogP contribution in [0.25, 0.3) is 0 Å². The maximum Gasteiger partial charge on any atom is 0.147 e. The van der Waals surface area contributed by atoms with Crippen LogP contribution >= 0.6 is 0 Å². The average molecular weight is 353 g/mol. The number of anilines is 1. The van der Waals surface area contributed by atoms with Gasteiger partial charge in [0.25, 0.3) is 0 Å². The first-order valence-electron chi connectivity index (χ1n) is 9.21. The monoisotopic (exact) mass is 353 g/mol.